The monoisotopic (exact) mass is 327 g/mol. The first-order chi connectivity index (χ1) is 10.5. The van der Waals surface area contributed by atoms with E-state index in [9.17, 15) is 19.2 Å². The van der Waals surface area contributed by atoms with E-state index >= 15 is 0 Å². The first-order valence-corrected chi connectivity index (χ1v) is 8.97. The molecule has 0 N–H and O–H groups in total. The quantitative estimate of drug-likeness (QED) is 0.430. The molecule has 22 heavy (non-hydrogen) atoms. The summed E-state index contributed by atoms with van der Waals surface area (Å²) < 4.78 is 0. The normalized spacial score (nSPS) is 18.1. The van der Waals surface area contributed by atoms with E-state index < -0.39 is 0 Å². The van der Waals surface area contributed by atoms with Crippen molar-refractivity contribution in [2.75, 3.05) is 12.3 Å². The molecular weight excluding hydrogens is 302 g/mol. The lowest BCUT2D eigenvalue weighted by Gasteiger charge is -2.14. The average Bonchev–Trinajstić information content (AvgIpc) is 2.73. The zero-order valence-electron chi connectivity index (χ0n) is 13.4. The third-order valence-electron chi connectivity index (χ3n) is 3.71. The van der Waals surface area contributed by atoms with Gasteiger partial charge in [0.15, 0.2) is 0 Å². The molecule has 0 aromatic heterocycles. The number of hydrogen-bond donors (Lipinski definition) is 0. The van der Waals surface area contributed by atoms with Crippen LogP contribution in [0.2, 0.25) is 0 Å². The lowest BCUT2D eigenvalue weighted by Crippen LogP contribution is -2.32. The van der Waals surface area contributed by atoms with E-state index in [1.807, 2.05) is 6.92 Å². The molecule has 1 saturated heterocycles. The number of hydrogen-bond acceptors (Lipinski definition) is 5. The maximum absolute atomic E-state index is 12.2. The Morgan fingerprint density at radius 1 is 1.18 bits per heavy atom. The molecule has 0 aliphatic carbocycles. The summed E-state index contributed by atoms with van der Waals surface area (Å²) in [6.45, 7) is 3.83. The molecule has 1 rings (SSSR count). The topological polar surface area (TPSA) is 71.5 Å². The van der Waals surface area contributed by atoms with Crippen molar-refractivity contribution in [1.29, 1.82) is 0 Å². The Morgan fingerprint density at radius 2 is 1.91 bits per heavy atom. The number of rotatable bonds is 11. The second-order valence-electron chi connectivity index (χ2n) is 5.60. The number of unbranched alkanes of at least 4 members (excludes halogenated alkanes) is 2. The van der Waals surface area contributed by atoms with Gasteiger partial charge in [0.25, 0.3) is 0 Å². The molecule has 0 spiro atoms. The van der Waals surface area contributed by atoms with E-state index in [0.29, 0.717) is 31.6 Å². The lowest BCUT2D eigenvalue weighted by molar-refractivity contribution is -0.138. The smallest absolute Gasteiger partial charge is 0.242 e. The Kier molecular flexibility index (Phi) is 8.38. The summed E-state index contributed by atoms with van der Waals surface area (Å²) in [4.78, 5) is 47.5. The minimum Gasteiger partial charge on any atom is -0.300 e. The number of nitrogens with zero attached hydrogens (tertiary/aromatic N) is 1. The van der Waals surface area contributed by atoms with Crippen LogP contribution in [0.15, 0.2) is 0 Å². The molecule has 1 atom stereocenters. The van der Waals surface area contributed by atoms with Crippen LogP contribution in [0.4, 0.5) is 0 Å². The fourth-order valence-corrected chi connectivity index (χ4v) is 3.53. The average molecular weight is 327 g/mol. The number of likely N-dealkylation sites (tertiary alicyclic amines) is 1. The zero-order chi connectivity index (χ0) is 16.5. The lowest BCUT2D eigenvalue weighted by atomic mass is 10.1. The van der Waals surface area contributed by atoms with Crippen LogP contribution in [0.25, 0.3) is 0 Å². The number of Topliss-reactive ketones (excluding diaryl/α,β-unsaturated/α-hetero) is 2. The first kappa shape index (κ1) is 18.9. The van der Waals surface area contributed by atoms with Gasteiger partial charge in [0.1, 0.15) is 11.6 Å². The molecule has 5 nitrogen and oxygen atoms in total. The van der Waals surface area contributed by atoms with Crippen LogP contribution < -0.4 is 0 Å². The SMILES string of the molecule is CCC(=O)CCCCCN1C(=O)CC(SCCC(C)=O)C1=O. The molecule has 1 aliphatic heterocycles. The van der Waals surface area contributed by atoms with Crippen molar-refractivity contribution >= 4 is 35.1 Å². The molecule has 1 aliphatic rings. The number of ketones is 2. The summed E-state index contributed by atoms with van der Waals surface area (Å²) in [5, 5.41) is -0.325. The van der Waals surface area contributed by atoms with Crippen molar-refractivity contribution in [3.63, 3.8) is 0 Å². The first-order valence-electron chi connectivity index (χ1n) is 7.92. The molecule has 1 unspecified atom stereocenters. The summed E-state index contributed by atoms with van der Waals surface area (Å²) >= 11 is 1.40. The van der Waals surface area contributed by atoms with Gasteiger partial charge in [-0.3, -0.25) is 24.1 Å². The van der Waals surface area contributed by atoms with Crippen molar-refractivity contribution in [3.8, 4) is 0 Å². The van der Waals surface area contributed by atoms with Gasteiger partial charge in [-0.2, -0.15) is 0 Å². The standard InChI is InChI=1S/C16H25NO4S/c1-3-13(19)7-5-4-6-9-17-15(20)11-14(16(17)21)22-10-8-12(2)18/h14H,3-11H2,1-2H3. The van der Waals surface area contributed by atoms with Gasteiger partial charge >= 0.3 is 0 Å². The van der Waals surface area contributed by atoms with Crippen molar-refractivity contribution in [2.24, 2.45) is 0 Å². The van der Waals surface area contributed by atoms with Crippen molar-refractivity contribution in [2.45, 2.75) is 64.0 Å². The Balaban J connectivity index is 2.26. The van der Waals surface area contributed by atoms with E-state index in [-0.39, 0.29) is 35.1 Å². The van der Waals surface area contributed by atoms with E-state index in [1.165, 1.54) is 23.6 Å². The maximum Gasteiger partial charge on any atom is 0.242 e. The number of amides is 2. The number of carbonyl (C=O) groups excluding carboxylic acids is 4. The van der Waals surface area contributed by atoms with E-state index in [2.05, 4.69) is 0 Å². The second kappa shape index (κ2) is 9.77. The molecule has 0 aromatic carbocycles. The highest BCUT2D eigenvalue weighted by atomic mass is 32.2. The van der Waals surface area contributed by atoms with E-state index in [1.54, 1.807) is 0 Å². The van der Waals surface area contributed by atoms with Gasteiger partial charge in [-0.05, 0) is 19.8 Å². The summed E-state index contributed by atoms with van der Waals surface area (Å²) in [5.74, 6) is 0.711. The van der Waals surface area contributed by atoms with Crippen LogP contribution in [-0.2, 0) is 19.2 Å². The van der Waals surface area contributed by atoms with Gasteiger partial charge in [0.05, 0.1) is 5.25 Å². The molecule has 124 valence electrons. The summed E-state index contributed by atoms with van der Waals surface area (Å²) in [6, 6.07) is 0. The molecule has 0 radical (unpaired) electrons. The van der Waals surface area contributed by atoms with Crippen LogP contribution in [0.1, 0.15) is 58.8 Å². The number of imide groups is 1. The number of carbonyl (C=O) groups is 4. The van der Waals surface area contributed by atoms with Crippen LogP contribution >= 0.6 is 11.8 Å². The molecular formula is C16H25NO4S. The fraction of sp³-hybridized carbons (Fsp3) is 0.750. The fourth-order valence-electron chi connectivity index (χ4n) is 2.31. The third-order valence-corrected chi connectivity index (χ3v) is 4.92. The van der Waals surface area contributed by atoms with Crippen LogP contribution in [-0.4, -0.2) is 45.8 Å². The minimum atomic E-state index is -0.325. The van der Waals surface area contributed by atoms with Crippen molar-refractivity contribution in [3.05, 3.63) is 0 Å². The summed E-state index contributed by atoms with van der Waals surface area (Å²) in [6.07, 6.45) is 4.26. The Bertz CT molecular complexity index is 436. The van der Waals surface area contributed by atoms with Gasteiger partial charge in [-0.25, -0.2) is 0 Å². The van der Waals surface area contributed by atoms with Gasteiger partial charge in [0.2, 0.25) is 11.8 Å². The van der Waals surface area contributed by atoms with Crippen LogP contribution in [0, 0.1) is 0 Å². The molecule has 2 amide bonds. The number of thioether (sulfide) groups is 1. The third kappa shape index (κ3) is 6.30. The van der Waals surface area contributed by atoms with Gasteiger partial charge < -0.3 is 0 Å². The Hall–Kier alpha value is -1.17. The molecule has 1 fully saturated rings. The van der Waals surface area contributed by atoms with E-state index in [4.69, 9.17) is 0 Å². The molecule has 0 saturated carbocycles. The van der Waals surface area contributed by atoms with Gasteiger partial charge in [-0.15, -0.1) is 11.8 Å². The van der Waals surface area contributed by atoms with Gasteiger partial charge in [0, 0.05) is 38.0 Å². The molecule has 0 aromatic rings. The molecule has 6 heteroatoms. The summed E-state index contributed by atoms with van der Waals surface area (Å²) in [7, 11) is 0. The van der Waals surface area contributed by atoms with Crippen LogP contribution in [0.3, 0.4) is 0 Å². The van der Waals surface area contributed by atoms with Crippen molar-refractivity contribution < 1.29 is 19.2 Å². The highest BCUT2D eigenvalue weighted by Gasteiger charge is 2.38. The Morgan fingerprint density at radius 3 is 2.55 bits per heavy atom. The van der Waals surface area contributed by atoms with Gasteiger partial charge in [-0.1, -0.05) is 13.3 Å². The molecule has 1 heterocycles. The Labute approximate surface area is 136 Å². The van der Waals surface area contributed by atoms with Crippen LogP contribution in [0.5, 0.6) is 0 Å². The largest absolute Gasteiger partial charge is 0.300 e. The predicted octanol–water partition coefficient (Wildman–Crippen LogP) is 2.37. The zero-order valence-corrected chi connectivity index (χ0v) is 14.2. The van der Waals surface area contributed by atoms with Crippen molar-refractivity contribution in [1.82, 2.24) is 4.90 Å². The minimum absolute atomic E-state index is 0.0998. The maximum atomic E-state index is 12.2. The highest BCUT2D eigenvalue weighted by Crippen LogP contribution is 2.26. The summed E-state index contributed by atoms with van der Waals surface area (Å²) in [5.41, 5.74) is 0. The molecule has 0 bridgehead atoms. The van der Waals surface area contributed by atoms with E-state index in [0.717, 1.165) is 19.3 Å². The second-order valence-corrected chi connectivity index (χ2v) is 6.91. The highest BCUT2D eigenvalue weighted by molar-refractivity contribution is 8.00. The predicted molar refractivity (Wildman–Crippen MR) is 86.6 cm³/mol.